The number of carbonyl (C=O) groups excluding carboxylic acids is 1. The number of aliphatic hydroxyl groups is 1. The third kappa shape index (κ3) is 7.47. The molecule has 7 nitrogen and oxygen atoms in total. The third-order valence-electron chi connectivity index (χ3n) is 5.76. The molecule has 1 heterocycles. The van der Waals surface area contributed by atoms with E-state index in [2.05, 4.69) is 6.58 Å². The molecule has 0 aliphatic carbocycles. The van der Waals surface area contributed by atoms with E-state index in [0.29, 0.717) is 50.7 Å². The molecule has 0 fully saturated rings. The Morgan fingerprint density at radius 2 is 1.89 bits per heavy atom. The molecule has 3 rings (SSSR count). The van der Waals surface area contributed by atoms with Crippen molar-refractivity contribution in [3.05, 3.63) is 66.2 Å². The lowest BCUT2D eigenvalue weighted by Gasteiger charge is -2.35. The fourth-order valence-corrected chi connectivity index (χ4v) is 4.09. The van der Waals surface area contributed by atoms with Crippen LogP contribution in [0.1, 0.15) is 38.3 Å². The van der Waals surface area contributed by atoms with Gasteiger partial charge in [-0.05, 0) is 38.5 Å². The highest BCUT2D eigenvalue weighted by atomic mass is 16.5. The molecule has 0 radical (unpaired) electrons. The van der Waals surface area contributed by atoms with Crippen molar-refractivity contribution in [2.45, 2.75) is 52.0 Å². The van der Waals surface area contributed by atoms with Crippen LogP contribution in [0.5, 0.6) is 11.5 Å². The Balaban J connectivity index is 1.97. The second kappa shape index (κ2) is 12.1. The molecule has 0 saturated carbocycles. The Morgan fingerprint density at radius 3 is 2.54 bits per heavy atom. The lowest BCUT2D eigenvalue weighted by molar-refractivity contribution is -0.132. The fraction of sp³-hybridized carbons (Fsp3) is 0.464. The zero-order valence-corrected chi connectivity index (χ0v) is 21.3. The monoisotopic (exact) mass is 482 g/mol. The summed E-state index contributed by atoms with van der Waals surface area (Å²) < 4.78 is 17.4. The Hall–Kier alpha value is -3.03. The summed E-state index contributed by atoms with van der Waals surface area (Å²) in [5, 5.41) is 10.7. The number of benzene rings is 2. The van der Waals surface area contributed by atoms with E-state index in [1.165, 1.54) is 0 Å². The summed E-state index contributed by atoms with van der Waals surface area (Å²) in [6.45, 7) is 11.8. The Bertz CT molecular complexity index is 987. The van der Waals surface area contributed by atoms with Crippen LogP contribution in [-0.2, 0) is 22.6 Å². The summed E-state index contributed by atoms with van der Waals surface area (Å²) in [7, 11) is 1.60. The normalized spacial score (nSPS) is 15.2. The first-order valence-electron chi connectivity index (χ1n) is 12.0. The van der Waals surface area contributed by atoms with Gasteiger partial charge in [0.2, 0.25) is 5.91 Å². The summed E-state index contributed by atoms with van der Waals surface area (Å²) in [6, 6.07) is 13.8. The van der Waals surface area contributed by atoms with Crippen molar-refractivity contribution < 1.29 is 24.1 Å². The number of hydrogen-bond acceptors (Lipinski definition) is 6. The van der Waals surface area contributed by atoms with Crippen LogP contribution >= 0.6 is 0 Å². The average molecular weight is 483 g/mol. The SMILES string of the molecule is C=CCOc1c(OC)ccc2c1CN(Cc1ccccc1)C(=O)CCN2CC(O)COC(C)(C)C. The summed E-state index contributed by atoms with van der Waals surface area (Å²) >= 11 is 0. The number of rotatable bonds is 10. The van der Waals surface area contributed by atoms with E-state index in [1.807, 2.05) is 73.0 Å². The maximum atomic E-state index is 13.3. The number of hydrogen-bond donors (Lipinski definition) is 1. The Morgan fingerprint density at radius 1 is 1.14 bits per heavy atom. The summed E-state index contributed by atoms with van der Waals surface area (Å²) in [4.78, 5) is 17.2. The van der Waals surface area contributed by atoms with Crippen LogP contribution in [0.25, 0.3) is 0 Å². The first kappa shape index (κ1) is 26.6. The molecule has 7 heteroatoms. The molecule has 0 aromatic heterocycles. The molecule has 0 spiro atoms. The van der Waals surface area contributed by atoms with Gasteiger partial charge in [0.15, 0.2) is 11.5 Å². The van der Waals surface area contributed by atoms with Gasteiger partial charge in [-0.15, -0.1) is 0 Å². The molecule has 1 aliphatic rings. The lowest BCUT2D eigenvalue weighted by Crippen LogP contribution is -2.42. The Kier molecular flexibility index (Phi) is 9.18. The van der Waals surface area contributed by atoms with Crippen LogP contribution in [0.2, 0.25) is 0 Å². The van der Waals surface area contributed by atoms with Crippen molar-refractivity contribution in [2.24, 2.45) is 0 Å². The first-order chi connectivity index (χ1) is 16.7. The smallest absolute Gasteiger partial charge is 0.224 e. The number of nitrogens with zero attached hydrogens (tertiary/aromatic N) is 2. The number of aliphatic hydroxyl groups excluding tert-OH is 1. The van der Waals surface area contributed by atoms with Gasteiger partial charge in [-0.2, -0.15) is 0 Å². The predicted molar refractivity (Wildman–Crippen MR) is 138 cm³/mol. The minimum Gasteiger partial charge on any atom is -0.493 e. The van der Waals surface area contributed by atoms with E-state index < -0.39 is 6.10 Å². The zero-order valence-electron chi connectivity index (χ0n) is 21.3. The van der Waals surface area contributed by atoms with Crippen LogP contribution in [0.4, 0.5) is 5.69 Å². The summed E-state index contributed by atoms with van der Waals surface area (Å²) in [5.74, 6) is 1.22. The lowest BCUT2D eigenvalue weighted by atomic mass is 10.0. The van der Waals surface area contributed by atoms with Crippen LogP contribution in [-0.4, -0.2) is 61.0 Å². The van der Waals surface area contributed by atoms with Crippen LogP contribution in [0, 0.1) is 0 Å². The second-order valence-corrected chi connectivity index (χ2v) is 9.70. The molecule has 0 bridgehead atoms. The van der Waals surface area contributed by atoms with Crippen molar-refractivity contribution in [3.63, 3.8) is 0 Å². The average Bonchev–Trinajstić information content (AvgIpc) is 2.83. The molecule has 1 atom stereocenters. The standard InChI is InChI=1S/C28H38N2O5/c1-6-16-34-27-23-19-30(17-21-10-8-7-9-11-21)26(32)14-15-29(24(23)12-13-25(27)33-5)18-22(31)20-35-28(2,3)4/h6-13,22,31H,1,14-20H2,2-5H3. The van der Waals surface area contributed by atoms with Crippen molar-refractivity contribution in [2.75, 3.05) is 38.3 Å². The number of amides is 1. The summed E-state index contributed by atoms with van der Waals surface area (Å²) in [6.07, 6.45) is 1.31. The number of methoxy groups -OCH3 is 1. The maximum absolute atomic E-state index is 13.3. The van der Waals surface area contributed by atoms with Crippen LogP contribution < -0.4 is 14.4 Å². The van der Waals surface area contributed by atoms with Gasteiger partial charge in [0.25, 0.3) is 0 Å². The predicted octanol–water partition coefficient (Wildman–Crippen LogP) is 4.17. The van der Waals surface area contributed by atoms with E-state index in [-0.39, 0.29) is 18.1 Å². The van der Waals surface area contributed by atoms with Gasteiger partial charge in [0.1, 0.15) is 6.61 Å². The van der Waals surface area contributed by atoms with E-state index in [1.54, 1.807) is 13.2 Å². The number of carbonyl (C=O) groups is 1. The number of β-amino-alcohol motifs (C(OH)–C–C–N with tert-alkyl or cyclic N) is 1. The highest BCUT2D eigenvalue weighted by molar-refractivity contribution is 5.79. The molecular formula is C28H38N2O5. The molecule has 0 saturated heterocycles. The van der Waals surface area contributed by atoms with E-state index in [4.69, 9.17) is 14.2 Å². The van der Waals surface area contributed by atoms with Crippen molar-refractivity contribution >= 4 is 11.6 Å². The zero-order chi connectivity index (χ0) is 25.4. The molecule has 2 aromatic carbocycles. The molecule has 35 heavy (non-hydrogen) atoms. The number of fused-ring (bicyclic) bond motifs is 1. The van der Waals surface area contributed by atoms with Crippen molar-refractivity contribution in [1.29, 1.82) is 0 Å². The van der Waals surface area contributed by atoms with Gasteiger partial charge >= 0.3 is 0 Å². The van der Waals surface area contributed by atoms with E-state index in [9.17, 15) is 9.90 Å². The second-order valence-electron chi connectivity index (χ2n) is 9.70. The van der Waals surface area contributed by atoms with Gasteiger partial charge in [-0.3, -0.25) is 4.79 Å². The van der Waals surface area contributed by atoms with E-state index >= 15 is 0 Å². The minimum atomic E-state index is -0.711. The quantitative estimate of drug-likeness (QED) is 0.513. The largest absolute Gasteiger partial charge is 0.493 e. The Labute approximate surface area is 208 Å². The highest BCUT2D eigenvalue weighted by Gasteiger charge is 2.28. The minimum absolute atomic E-state index is 0.0439. The molecule has 190 valence electrons. The van der Waals surface area contributed by atoms with Crippen LogP contribution in [0.3, 0.4) is 0 Å². The topological polar surface area (TPSA) is 71.5 Å². The van der Waals surface area contributed by atoms with Crippen LogP contribution in [0.15, 0.2) is 55.1 Å². The molecule has 1 aliphatic heterocycles. The molecule has 1 amide bonds. The molecule has 1 unspecified atom stereocenters. The fourth-order valence-electron chi connectivity index (χ4n) is 4.09. The molecular weight excluding hydrogens is 444 g/mol. The van der Waals surface area contributed by atoms with Crippen molar-refractivity contribution in [1.82, 2.24) is 4.90 Å². The van der Waals surface area contributed by atoms with Gasteiger partial charge in [-0.25, -0.2) is 0 Å². The maximum Gasteiger partial charge on any atom is 0.224 e. The van der Waals surface area contributed by atoms with Gasteiger partial charge in [0.05, 0.1) is 32.0 Å². The number of ether oxygens (including phenoxy) is 3. The van der Waals surface area contributed by atoms with Gasteiger partial charge < -0.3 is 29.1 Å². The molecule has 2 aromatic rings. The molecule has 1 N–H and O–H groups in total. The van der Waals surface area contributed by atoms with Gasteiger partial charge in [-0.1, -0.05) is 43.0 Å². The van der Waals surface area contributed by atoms with Gasteiger partial charge in [0, 0.05) is 37.3 Å². The summed E-state index contributed by atoms with van der Waals surface area (Å²) in [5.41, 5.74) is 2.47. The number of anilines is 1. The first-order valence-corrected chi connectivity index (χ1v) is 12.0. The van der Waals surface area contributed by atoms with E-state index in [0.717, 1.165) is 16.8 Å². The highest BCUT2D eigenvalue weighted by Crippen LogP contribution is 2.40. The van der Waals surface area contributed by atoms with Crippen molar-refractivity contribution in [3.8, 4) is 11.5 Å². The third-order valence-corrected chi connectivity index (χ3v) is 5.76.